The Morgan fingerprint density at radius 1 is 1.28 bits per heavy atom. The predicted molar refractivity (Wildman–Crippen MR) is 121 cm³/mol. The molecule has 8 atom stereocenters. The van der Waals surface area contributed by atoms with Gasteiger partial charge in [-0.05, 0) is 42.9 Å². The zero-order valence-corrected chi connectivity index (χ0v) is 19.5. The van der Waals surface area contributed by atoms with Crippen LogP contribution in [0.2, 0.25) is 0 Å². The van der Waals surface area contributed by atoms with Gasteiger partial charge in [-0.3, -0.25) is 9.59 Å². The minimum absolute atomic E-state index is 0.0557. The van der Waals surface area contributed by atoms with Gasteiger partial charge in [0, 0.05) is 41.6 Å². The number of ketones is 1. The van der Waals surface area contributed by atoms with Gasteiger partial charge in [0.2, 0.25) is 0 Å². The molecule has 3 aliphatic rings. The normalized spacial score (nSPS) is 43.7. The van der Waals surface area contributed by atoms with Gasteiger partial charge in [0.05, 0.1) is 6.10 Å². The first kappa shape index (κ1) is 23.0. The number of carbonyl (C=O) groups excluding carboxylic acids is 2. The van der Waals surface area contributed by atoms with Crippen molar-refractivity contribution in [3.8, 4) is 0 Å². The zero-order valence-electron chi connectivity index (χ0n) is 19.5. The maximum atomic E-state index is 13.4. The van der Waals surface area contributed by atoms with Crippen molar-refractivity contribution >= 4 is 11.8 Å². The van der Waals surface area contributed by atoms with E-state index in [1.54, 1.807) is 6.08 Å². The molecule has 0 aliphatic heterocycles. The first-order chi connectivity index (χ1) is 15.0. The highest BCUT2D eigenvalue weighted by atomic mass is 16.5. The Balaban J connectivity index is 1.86. The number of aromatic amines is 1. The molecule has 0 spiro atoms. The minimum atomic E-state index is -0.715. The number of rotatable bonds is 3. The number of aliphatic hydroxyl groups is 1. The number of aromatic nitrogens is 1. The first-order valence-electron chi connectivity index (χ1n) is 11.7. The molecule has 32 heavy (non-hydrogen) atoms. The minimum Gasteiger partial charge on any atom is -0.458 e. The summed E-state index contributed by atoms with van der Waals surface area (Å²) < 4.78 is 6.12. The number of pyridine rings is 1. The van der Waals surface area contributed by atoms with Crippen LogP contribution in [0.4, 0.5) is 0 Å². The Kier molecular flexibility index (Phi) is 5.51. The van der Waals surface area contributed by atoms with E-state index in [2.05, 4.69) is 32.3 Å². The quantitative estimate of drug-likeness (QED) is 0.548. The number of esters is 1. The number of carbonyl (C=O) groups is 2. The topological polar surface area (TPSA) is 96.5 Å². The summed E-state index contributed by atoms with van der Waals surface area (Å²) in [6.07, 6.45) is 6.62. The maximum absolute atomic E-state index is 13.4. The van der Waals surface area contributed by atoms with Crippen molar-refractivity contribution in [3.63, 3.8) is 0 Å². The lowest BCUT2D eigenvalue weighted by Gasteiger charge is -2.61. The molecule has 2 bridgehead atoms. The molecule has 2 N–H and O–H groups in total. The summed E-state index contributed by atoms with van der Waals surface area (Å²) in [5.74, 6) is -0.710. The van der Waals surface area contributed by atoms with Gasteiger partial charge in [0.1, 0.15) is 17.5 Å². The molecule has 4 rings (SSSR count). The lowest BCUT2D eigenvalue weighted by molar-refractivity contribution is -0.192. The predicted octanol–water partition coefficient (Wildman–Crippen LogP) is 3.90. The van der Waals surface area contributed by atoms with Crippen LogP contribution in [-0.4, -0.2) is 34.1 Å². The van der Waals surface area contributed by atoms with Crippen LogP contribution in [0, 0.1) is 34.0 Å². The third-order valence-corrected chi connectivity index (χ3v) is 9.60. The van der Waals surface area contributed by atoms with Crippen LogP contribution in [0.5, 0.6) is 0 Å². The van der Waals surface area contributed by atoms with Crippen molar-refractivity contribution < 1.29 is 19.4 Å². The molecule has 6 heteroatoms. The van der Waals surface area contributed by atoms with E-state index in [0.29, 0.717) is 12.8 Å². The maximum Gasteiger partial charge on any atom is 0.343 e. The fourth-order valence-corrected chi connectivity index (χ4v) is 7.27. The van der Waals surface area contributed by atoms with E-state index in [-0.39, 0.29) is 34.5 Å². The molecule has 1 aromatic rings. The second kappa shape index (κ2) is 7.68. The van der Waals surface area contributed by atoms with E-state index < -0.39 is 34.4 Å². The van der Waals surface area contributed by atoms with Gasteiger partial charge in [-0.1, -0.05) is 33.8 Å². The average Bonchev–Trinajstić information content (AvgIpc) is 3.12. The summed E-state index contributed by atoms with van der Waals surface area (Å²) >= 11 is 0. The van der Waals surface area contributed by atoms with E-state index >= 15 is 0 Å². The fraction of sp³-hybridized carbons (Fsp3) is 0.654. The van der Waals surface area contributed by atoms with Crippen LogP contribution in [0.3, 0.4) is 0 Å². The number of hydrogen-bond acceptors (Lipinski definition) is 5. The van der Waals surface area contributed by atoms with E-state index in [4.69, 9.17) is 4.74 Å². The number of Topliss-reactive ketones (excluding diaryl/α,β-unsaturated/α-hetero) is 1. The third-order valence-electron chi connectivity index (χ3n) is 9.60. The smallest absolute Gasteiger partial charge is 0.343 e. The van der Waals surface area contributed by atoms with E-state index in [9.17, 15) is 19.5 Å². The van der Waals surface area contributed by atoms with Crippen LogP contribution in [0.15, 0.2) is 35.9 Å². The zero-order chi connectivity index (χ0) is 23.5. The molecule has 0 saturated heterocycles. The Bertz CT molecular complexity index is 1000. The molecule has 3 fully saturated rings. The summed E-state index contributed by atoms with van der Waals surface area (Å²) in [5, 5.41) is 11.5. The third kappa shape index (κ3) is 3.06. The summed E-state index contributed by atoms with van der Waals surface area (Å²) in [5.41, 5.74) is -2.08. The Hall–Kier alpha value is -2.21. The van der Waals surface area contributed by atoms with Gasteiger partial charge in [-0.25, -0.2) is 4.79 Å². The Morgan fingerprint density at radius 2 is 2.00 bits per heavy atom. The van der Waals surface area contributed by atoms with Crippen LogP contribution in [-0.2, 0) is 9.53 Å². The highest BCUT2D eigenvalue weighted by molar-refractivity contribution is 5.89. The van der Waals surface area contributed by atoms with Gasteiger partial charge in [0.25, 0.3) is 0 Å². The lowest BCUT2D eigenvalue weighted by Crippen LogP contribution is -2.63. The van der Waals surface area contributed by atoms with Gasteiger partial charge < -0.3 is 14.8 Å². The number of hydrogen-bond donors (Lipinski definition) is 2. The second-order valence-corrected chi connectivity index (χ2v) is 10.9. The largest absolute Gasteiger partial charge is 0.458 e. The van der Waals surface area contributed by atoms with Crippen LogP contribution in [0.1, 0.15) is 70.2 Å². The Morgan fingerprint density at radius 3 is 2.66 bits per heavy atom. The monoisotopic (exact) mass is 441 g/mol. The number of H-pyrrole nitrogens is 1. The molecule has 1 aromatic heterocycles. The molecule has 6 nitrogen and oxygen atoms in total. The van der Waals surface area contributed by atoms with E-state index in [0.717, 1.165) is 19.3 Å². The molecule has 1 heterocycles. The molecule has 0 aromatic carbocycles. The molecule has 3 unspecified atom stereocenters. The van der Waals surface area contributed by atoms with Gasteiger partial charge in [-0.15, -0.1) is 6.58 Å². The molecule has 0 amide bonds. The van der Waals surface area contributed by atoms with Crippen molar-refractivity contribution in [2.45, 2.75) is 72.0 Å². The lowest BCUT2D eigenvalue weighted by atomic mass is 9.44. The summed E-state index contributed by atoms with van der Waals surface area (Å²) in [6.45, 7) is 12.3. The summed E-state index contributed by atoms with van der Waals surface area (Å²) in [6, 6.07) is 1.30. The van der Waals surface area contributed by atoms with Gasteiger partial charge in [0.15, 0.2) is 5.43 Å². The van der Waals surface area contributed by atoms with Crippen molar-refractivity contribution in [2.75, 3.05) is 0 Å². The number of nitrogens with one attached hydrogen (secondary N) is 1. The highest BCUT2D eigenvalue weighted by Gasteiger charge is 2.68. The highest BCUT2D eigenvalue weighted by Crippen LogP contribution is 2.68. The van der Waals surface area contributed by atoms with Crippen molar-refractivity contribution in [1.29, 1.82) is 0 Å². The van der Waals surface area contributed by atoms with Crippen molar-refractivity contribution in [2.24, 2.45) is 34.0 Å². The van der Waals surface area contributed by atoms with Crippen LogP contribution >= 0.6 is 0 Å². The molecular formula is C26H35NO5. The Labute approximate surface area is 189 Å². The van der Waals surface area contributed by atoms with Crippen molar-refractivity contribution in [1.82, 2.24) is 4.98 Å². The fourth-order valence-electron chi connectivity index (χ4n) is 7.27. The molecule has 174 valence electrons. The van der Waals surface area contributed by atoms with Gasteiger partial charge >= 0.3 is 5.97 Å². The first-order valence-corrected chi connectivity index (χ1v) is 11.7. The van der Waals surface area contributed by atoms with Crippen LogP contribution < -0.4 is 5.43 Å². The number of aliphatic hydroxyl groups excluding tert-OH is 1. The molecule has 3 saturated carbocycles. The SMILES string of the molecule is C=C[C@]1(C)C[C@@H](OC(=O)c2c[nH]ccc2=O)[C@]2(C)C(C)CCC3(CCC(=O)C32)[C@@H](C)[C@@H]1O. The molecule has 3 aliphatic carbocycles. The van der Waals surface area contributed by atoms with Crippen molar-refractivity contribution in [3.05, 3.63) is 46.9 Å². The standard InChI is InChI=1S/C26H35NO5/c1-6-24(4)13-20(32-23(31)17-14-27-12-9-18(17)28)25(5)15(2)7-10-26(16(3)22(24)30)11-8-19(29)21(25)26/h6,9,12,14-16,20-22,30H,1,7-8,10-11,13H2,2-5H3,(H,27,28)/t15?,16-,20+,21?,22-,24+,25-,26?/m0/s1. The number of ether oxygens (including phenoxy) is 1. The summed E-state index contributed by atoms with van der Waals surface area (Å²) in [4.78, 5) is 41.6. The summed E-state index contributed by atoms with van der Waals surface area (Å²) in [7, 11) is 0. The molecule has 0 radical (unpaired) electrons. The van der Waals surface area contributed by atoms with E-state index in [1.807, 2.05) is 6.92 Å². The van der Waals surface area contributed by atoms with Gasteiger partial charge in [-0.2, -0.15) is 0 Å². The van der Waals surface area contributed by atoms with E-state index in [1.165, 1.54) is 18.5 Å². The molecular weight excluding hydrogens is 406 g/mol. The van der Waals surface area contributed by atoms with Crippen LogP contribution in [0.25, 0.3) is 0 Å². The second-order valence-electron chi connectivity index (χ2n) is 10.9. The average molecular weight is 442 g/mol.